The summed E-state index contributed by atoms with van der Waals surface area (Å²) in [4.78, 5) is 24.4. The summed E-state index contributed by atoms with van der Waals surface area (Å²) >= 11 is 11.9. The molecule has 0 spiro atoms. The first kappa shape index (κ1) is 19.3. The molecule has 0 unspecified atom stereocenters. The van der Waals surface area contributed by atoms with Gasteiger partial charge in [-0.2, -0.15) is 0 Å². The molecule has 5 nitrogen and oxygen atoms in total. The molecule has 1 amide bonds. The van der Waals surface area contributed by atoms with E-state index in [0.29, 0.717) is 28.1 Å². The largest absolute Gasteiger partial charge is 0.483 e. The zero-order valence-corrected chi connectivity index (χ0v) is 15.8. The second-order valence-electron chi connectivity index (χ2n) is 6.13. The Bertz CT molecular complexity index is 832. The van der Waals surface area contributed by atoms with Gasteiger partial charge in [0.05, 0.1) is 6.20 Å². The predicted molar refractivity (Wildman–Crippen MR) is 99.6 cm³/mol. The molecule has 7 heteroatoms. The van der Waals surface area contributed by atoms with Gasteiger partial charge in [-0.1, -0.05) is 43.1 Å². The van der Waals surface area contributed by atoms with Gasteiger partial charge in [0.25, 0.3) is 5.91 Å². The molecule has 1 N–H and O–H groups in total. The lowest BCUT2D eigenvalue weighted by molar-refractivity contribution is 0.0939. The second kappa shape index (κ2) is 8.41. The van der Waals surface area contributed by atoms with Crippen LogP contribution in [0.2, 0.25) is 10.0 Å². The van der Waals surface area contributed by atoms with E-state index < -0.39 is 0 Å². The molecular weight excluding hydrogens is 363 g/mol. The summed E-state index contributed by atoms with van der Waals surface area (Å²) in [5.41, 5.74) is 0.632. The quantitative estimate of drug-likeness (QED) is 0.828. The van der Waals surface area contributed by atoms with Crippen LogP contribution >= 0.6 is 23.2 Å². The van der Waals surface area contributed by atoms with Crippen molar-refractivity contribution in [3.8, 4) is 5.75 Å². The molecule has 0 radical (unpaired) electrons. The number of benzene rings is 1. The van der Waals surface area contributed by atoms with Gasteiger partial charge in [-0.15, -0.1) is 0 Å². The first-order valence-corrected chi connectivity index (χ1v) is 8.59. The minimum absolute atomic E-state index is 0.129. The molecule has 2 aromatic rings. The minimum atomic E-state index is -0.363. The van der Waals surface area contributed by atoms with Gasteiger partial charge in [0.15, 0.2) is 5.75 Å². The Morgan fingerprint density at radius 1 is 1.28 bits per heavy atom. The number of aromatic nitrogens is 1. The van der Waals surface area contributed by atoms with Gasteiger partial charge >= 0.3 is 0 Å². The summed E-state index contributed by atoms with van der Waals surface area (Å²) in [6.07, 6.45) is 1.50. The predicted octanol–water partition coefficient (Wildman–Crippen LogP) is 3.66. The van der Waals surface area contributed by atoms with E-state index in [1.54, 1.807) is 29.8 Å². The van der Waals surface area contributed by atoms with E-state index >= 15 is 0 Å². The molecule has 0 fully saturated rings. The molecule has 134 valence electrons. The number of carbonyl (C=O) groups excluding carboxylic acids is 1. The van der Waals surface area contributed by atoms with Gasteiger partial charge in [0, 0.05) is 35.3 Å². The maximum atomic E-state index is 12.2. The second-order valence-corrected chi connectivity index (χ2v) is 6.97. The average molecular weight is 383 g/mol. The van der Waals surface area contributed by atoms with E-state index in [4.69, 9.17) is 27.9 Å². The van der Waals surface area contributed by atoms with E-state index in [0.717, 1.165) is 0 Å². The molecular formula is C18H20Cl2N2O3. The van der Waals surface area contributed by atoms with Crippen molar-refractivity contribution in [2.24, 2.45) is 13.0 Å². The van der Waals surface area contributed by atoms with Crippen LogP contribution in [0.1, 0.15) is 29.9 Å². The minimum Gasteiger partial charge on any atom is -0.483 e. The fourth-order valence-electron chi connectivity index (χ4n) is 2.12. The lowest BCUT2D eigenvalue weighted by atomic mass is 10.2. The number of halogens is 2. The summed E-state index contributed by atoms with van der Waals surface area (Å²) in [5, 5.41) is 3.78. The van der Waals surface area contributed by atoms with Gasteiger partial charge in [-0.25, -0.2) is 0 Å². The lowest BCUT2D eigenvalue weighted by Gasteiger charge is -2.13. The number of nitrogens with one attached hydrogen (secondary N) is 1. The van der Waals surface area contributed by atoms with Crippen molar-refractivity contribution in [1.82, 2.24) is 9.88 Å². The van der Waals surface area contributed by atoms with E-state index in [1.807, 2.05) is 13.8 Å². The van der Waals surface area contributed by atoms with Gasteiger partial charge in [0.2, 0.25) is 5.43 Å². The highest BCUT2D eigenvalue weighted by Crippen LogP contribution is 2.22. The highest BCUT2D eigenvalue weighted by molar-refractivity contribution is 6.35. The highest BCUT2D eigenvalue weighted by atomic mass is 35.5. The van der Waals surface area contributed by atoms with Crippen molar-refractivity contribution in [3.63, 3.8) is 0 Å². The number of hydrogen-bond donors (Lipinski definition) is 1. The van der Waals surface area contributed by atoms with Gasteiger partial charge in [-0.3, -0.25) is 9.59 Å². The molecule has 0 aliphatic carbocycles. The molecule has 0 aliphatic rings. The number of aryl methyl sites for hydroxylation is 1. The van der Waals surface area contributed by atoms with Crippen LogP contribution in [0.4, 0.5) is 0 Å². The van der Waals surface area contributed by atoms with Crippen LogP contribution in [0.25, 0.3) is 0 Å². The van der Waals surface area contributed by atoms with Crippen LogP contribution in [-0.4, -0.2) is 17.0 Å². The summed E-state index contributed by atoms with van der Waals surface area (Å²) in [7, 11) is 1.69. The van der Waals surface area contributed by atoms with Crippen molar-refractivity contribution in [2.45, 2.75) is 20.5 Å². The molecule has 25 heavy (non-hydrogen) atoms. The normalized spacial score (nSPS) is 10.8. The monoisotopic (exact) mass is 382 g/mol. The maximum Gasteiger partial charge on any atom is 0.268 e. The van der Waals surface area contributed by atoms with Gasteiger partial charge in [-0.05, 0) is 18.1 Å². The Morgan fingerprint density at radius 2 is 2.00 bits per heavy atom. The number of nitrogens with zero attached hydrogens (tertiary/aromatic N) is 1. The van der Waals surface area contributed by atoms with Crippen molar-refractivity contribution in [1.29, 1.82) is 0 Å². The van der Waals surface area contributed by atoms with Gasteiger partial charge < -0.3 is 14.6 Å². The zero-order chi connectivity index (χ0) is 18.6. The van der Waals surface area contributed by atoms with E-state index in [-0.39, 0.29) is 29.4 Å². The van der Waals surface area contributed by atoms with E-state index in [9.17, 15) is 9.59 Å². The molecule has 0 bridgehead atoms. The third-order valence-corrected chi connectivity index (χ3v) is 4.09. The Balaban J connectivity index is 2.14. The molecule has 0 saturated heterocycles. The molecule has 1 aromatic carbocycles. The van der Waals surface area contributed by atoms with Crippen molar-refractivity contribution in [3.05, 3.63) is 62.0 Å². The fourth-order valence-corrected chi connectivity index (χ4v) is 2.58. The summed E-state index contributed by atoms with van der Waals surface area (Å²) < 4.78 is 7.13. The summed E-state index contributed by atoms with van der Waals surface area (Å²) in [5.74, 6) is 0.183. The Morgan fingerprint density at radius 3 is 2.64 bits per heavy atom. The fraction of sp³-hybridized carbons (Fsp3) is 0.333. The SMILES string of the molecule is CC(C)CNC(=O)c1cc(=O)c(OCc2ccc(Cl)cc2Cl)cn1C. The number of amides is 1. The Labute approximate surface area is 156 Å². The molecule has 0 saturated carbocycles. The first-order valence-electron chi connectivity index (χ1n) is 7.83. The van der Waals surface area contributed by atoms with E-state index in [1.165, 1.54) is 12.3 Å². The van der Waals surface area contributed by atoms with Crippen LogP contribution in [0.3, 0.4) is 0 Å². The van der Waals surface area contributed by atoms with Crippen LogP contribution in [0.5, 0.6) is 5.75 Å². The van der Waals surface area contributed by atoms with Crippen molar-refractivity contribution < 1.29 is 9.53 Å². The first-order chi connectivity index (χ1) is 11.8. The maximum absolute atomic E-state index is 12.2. The molecule has 0 atom stereocenters. The number of pyridine rings is 1. The molecule has 1 aromatic heterocycles. The zero-order valence-electron chi connectivity index (χ0n) is 14.3. The van der Waals surface area contributed by atoms with Crippen LogP contribution in [0, 0.1) is 5.92 Å². The number of rotatable bonds is 6. The molecule has 0 aliphatic heterocycles. The van der Waals surface area contributed by atoms with Crippen molar-refractivity contribution >= 4 is 29.1 Å². The number of carbonyl (C=O) groups is 1. The number of hydrogen-bond acceptors (Lipinski definition) is 3. The average Bonchev–Trinajstić information content (AvgIpc) is 2.54. The van der Waals surface area contributed by atoms with Crippen molar-refractivity contribution in [2.75, 3.05) is 6.54 Å². The topological polar surface area (TPSA) is 60.3 Å². The van der Waals surface area contributed by atoms with Crippen LogP contribution in [-0.2, 0) is 13.7 Å². The Hall–Kier alpha value is -1.98. The standard InChI is InChI=1S/C18H20Cl2N2O3/c1-11(2)8-21-18(24)15-7-16(23)17(9-22(15)3)25-10-12-4-5-13(19)6-14(12)20/h4-7,9,11H,8,10H2,1-3H3,(H,21,24). The van der Waals surface area contributed by atoms with Gasteiger partial charge in [0.1, 0.15) is 12.3 Å². The number of ether oxygens (including phenoxy) is 1. The smallest absolute Gasteiger partial charge is 0.268 e. The molecule has 2 rings (SSSR count). The van der Waals surface area contributed by atoms with Crippen LogP contribution < -0.4 is 15.5 Å². The summed E-state index contributed by atoms with van der Waals surface area (Å²) in [6.45, 7) is 4.67. The van der Waals surface area contributed by atoms with E-state index in [2.05, 4.69) is 5.32 Å². The third-order valence-electron chi connectivity index (χ3n) is 3.50. The molecule has 1 heterocycles. The lowest BCUT2D eigenvalue weighted by Crippen LogP contribution is -2.30. The highest BCUT2D eigenvalue weighted by Gasteiger charge is 2.13. The third kappa shape index (κ3) is 5.25. The Kier molecular flexibility index (Phi) is 6.51. The summed E-state index contributed by atoms with van der Waals surface area (Å²) in [6, 6.07) is 6.33. The van der Waals surface area contributed by atoms with Crippen LogP contribution in [0.15, 0.2) is 35.3 Å².